The number of hydrogen-bond donors (Lipinski definition) is 1. The quantitative estimate of drug-likeness (QED) is 0.788. The molecule has 2 aliphatic heterocycles. The molecule has 4 rings (SSSR count). The van der Waals surface area contributed by atoms with Crippen LogP contribution in [0.5, 0.6) is 0 Å². The lowest BCUT2D eigenvalue weighted by molar-refractivity contribution is -0.299. The molecule has 5 unspecified atom stereocenters. The highest BCUT2D eigenvalue weighted by atomic mass is 19.1. The van der Waals surface area contributed by atoms with Gasteiger partial charge in [-0.15, -0.1) is 0 Å². The van der Waals surface area contributed by atoms with Crippen molar-refractivity contribution in [3.05, 3.63) is 35.4 Å². The Morgan fingerprint density at radius 3 is 2.57 bits per heavy atom. The van der Waals surface area contributed by atoms with Crippen LogP contribution in [0.25, 0.3) is 0 Å². The van der Waals surface area contributed by atoms with Crippen molar-refractivity contribution in [1.82, 2.24) is 0 Å². The maximum Gasteiger partial charge on any atom is 0.217 e. The maximum atomic E-state index is 14.7. The van der Waals surface area contributed by atoms with Crippen molar-refractivity contribution >= 4 is 5.90 Å². The molecule has 1 N–H and O–H groups in total. The molecule has 2 heterocycles. The van der Waals surface area contributed by atoms with Gasteiger partial charge in [0.05, 0.1) is 24.1 Å². The summed E-state index contributed by atoms with van der Waals surface area (Å²) in [6.45, 7) is 2.05. The van der Waals surface area contributed by atoms with Crippen LogP contribution in [-0.2, 0) is 9.47 Å². The highest BCUT2D eigenvalue weighted by molar-refractivity contribution is 5.89. The number of nitriles is 3. The monoisotopic (exact) mass is 410 g/mol. The molecule has 6 nitrogen and oxygen atoms in total. The van der Waals surface area contributed by atoms with E-state index in [1.165, 1.54) is 0 Å². The number of nitrogens with zero attached hydrogens (tertiary/aromatic N) is 3. The predicted octanol–water partition coefficient (Wildman–Crippen LogP) is 4.50. The number of rotatable bonds is 3. The van der Waals surface area contributed by atoms with Gasteiger partial charge < -0.3 is 9.47 Å². The first-order valence-corrected chi connectivity index (χ1v) is 9.98. The van der Waals surface area contributed by atoms with Gasteiger partial charge in [0.2, 0.25) is 17.1 Å². The van der Waals surface area contributed by atoms with Gasteiger partial charge in [-0.1, -0.05) is 19.8 Å². The van der Waals surface area contributed by atoms with E-state index in [1.807, 2.05) is 19.1 Å². The Morgan fingerprint density at radius 1 is 1.20 bits per heavy atom. The Bertz CT molecular complexity index is 1030. The minimum absolute atomic E-state index is 0.233. The number of hydrogen-bond acceptors (Lipinski definition) is 6. The van der Waals surface area contributed by atoms with Crippen LogP contribution in [0.1, 0.15) is 50.7 Å². The largest absolute Gasteiger partial charge is 0.447 e. The number of nitrogens with one attached hydrogen (secondary N) is 1. The van der Waals surface area contributed by atoms with Crippen molar-refractivity contribution in [2.75, 3.05) is 0 Å². The van der Waals surface area contributed by atoms with E-state index >= 15 is 0 Å². The highest BCUT2D eigenvalue weighted by Gasteiger charge is 2.81. The summed E-state index contributed by atoms with van der Waals surface area (Å²) >= 11 is 0. The van der Waals surface area contributed by atoms with E-state index in [4.69, 9.17) is 14.9 Å². The summed E-state index contributed by atoms with van der Waals surface area (Å²) < 4.78 is 40.6. The summed E-state index contributed by atoms with van der Waals surface area (Å²) in [6, 6.07) is 8.48. The van der Waals surface area contributed by atoms with Crippen LogP contribution in [0.15, 0.2) is 18.2 Å². The molecule has 1 aromatic carbocycles. The Kier molecular flexibility index (Phi) is 4.56. The molecular weight excluding hydrogens is 390 g/mol. The number of benzene rings is 1. The Hall–Kier alpha value is -3.02. The molecule has 2 bridgehead atoms. The van der Waals surface area contributed by atoms with E-state index in [-0.39, 0.29) is 11.5 Å². The average molecular weight is 410 g/mol. The summed E-state index contributed by atoms with van der Waals surface area (Å²) in [5.74, 6) is -4.03. The normalized spacial score (nSPS) is 36.0. The lowest BCUT2D eigenvalue weighted by Crippen LogP contribution is -2.61. The van der Waals surface area contributed by atoms with Gasteiger partial charge in [-0.25, -0.2) is 8.78 Å². The van der Waals surface area contributed by atoms with E-state index in [0.717, 1.165) is 31.0 Å². The molecule has 0 spiro atoms. The summed E-state index contributed by atoms with van der Waals surface area (Å²) in [5, 5.41) is 39.1. The van der Waals surface area contributed by atoms with Crippen molar-refractivity contribution in [2.45, 2.75) is 50.9 Å². The minimum atomic E-state index is -2.27. The van der Waals surface area contributed by atoms with Crippen LogP contribution in [0, 0.1) is 73.7 Å². The zero-order valence-electron chi connectivity index (χ0n) is 16.4. The van der Waals surface area contributed by atoms with E-state index < -0.39 is 46.2 Å². The SMILES string of the molecule is CCCC1CCC23OC(=N)C(C#N)(C2C1)C(C#N)(C#N)C(c1cc(F)ccc1F)O3. The molecule has 3 aliphatic rings. The van der Waals surface area contributed by atoms with Crippen LogP contribution < -0.4 is 0 Å². The van der Waals surface area contributed by atoms with Gasteiger partial charge >= 0.3 is 0 Å². The average Bonchev–Trinajstić information content (AvgIpc) is 2.94. The number of ether oxygens (including phenoxy) is 2. The van der Waals surface area contributed by atoms with Gasteiger partial charge in [0.15, 0.2) is 5.41 Å². The number of halogens is 2. The molecule has 30 heavy (non-hydrogen) atoms. The van der Waals surface area contributed by atoms with E-state index in [1.54, 1.807) is 0 Å². The van der Waals surface area contributed by atoms with Gasteiger partial charge in [0.25, 0.3) is 0 Å². The van der Waals surface area contributed by atoms with Crippen molar-refractivity contribution in [3.8, 4) is 18.2 Å². The topological polar surface area (TPSA) is 114 Å². The van der Waals surface area contributed by atoms with Crippen molar-refractivity contribution in [1.29, 1.82) is 21.2 Å². The molecule has 1 aliphatic carbocycles. The molecule has 0 radical (unpaired) electrons. The molecule has 2 saturated heterocycles. The van der Waals surface area contributed by atoms with Gasteiger partial charge in [0.1, 0.15) is 17.7 Å². The lowest BCUT2D eigenvalue weighted by atomic mass is 9.50. The van der Waals surface area contributed by atoms with E-state index in [0.29, 0.717) is 19.3 Å². The third-order valence-electron chi connectivity index (χ3n) is 6.96. The minimum Gasteiger partial charge on any atom is -0.447 e. The Labute approximate surface area is 173 Å². The fourth-order valence-corrected chi connectivity index (χ4v) is 5.58. The second-order valence-corrected chi connectivity index (χ2v) is 8.34. The zero-order valence-corrected chi connectivity index (χ0v) is 16.4. The summed E-state index contributed by atoms with van der Waals surface area (Å²) in [5.41, 5.74) is -4.54. The molecule has 1 saturated carbocycles. The Balaban J connectivity index is 1.96. The summed E-state index contributed by atoms with van der Waals surface area (Å²) in [4.78, 5) is 0. The lowest BCUT2D eigenvalue weighted by Gasteiger charge is -2.52. The van der Waals surface area contributed by atoms with Crippen LogP contribution in [0.4, 0.5) is 8.78 Å². The van der Waals surface area contributed by atoms with Crippen LogP contribution in [-0.4, -0.2) is 11.7 Å². The fourth-order valence-electron chi connectivity index (χ4n) is 5.58. The second-order valence-electron chi connectivity index (χ2n) is 8.34. The predicted molar refractivity (Wildman–Crippen MR) is 99.2 cm³/mol. The third kappa shape index (κ3) is 2.30. The van der Waals surface area contributed by atoms with Gasteiger partial charge in [-0.2, -0.15) is 15.8 Å². The van der Waals surface area contributed by atoms with Crippen molar-refractivity contribution in [3.63, 3.8) is 0 Å². The molecule has 1 aromatic rings. The molecular formula is C22H20F2N4O2. The smallest absolute Gasteiger partial charge is 0.217 e. The van der Waals surface area contributed by atoms with Crippen LogP contribution in [0.3, 0.4) is 0 Å². The van der Waals surface area contributed by atoms with Gasteiger partial charge in [-0.05, 0) is 37.0 Å². The molecule has 3 fully saturated rings. The highest BCUT2D eigenvalue weighted by Crippen LogP contribution is 2.70. The first kappa shape index (κ1) is 20.3. The zero-order chi connectivity index (χ0) is 21.7. The van der Waals surface area contributed by atoms with E-state index in [2.05, 4.69) is 6.07 Å². The molecule has 0 amide bonds. The van der Waals surface area contributed by atoms with Crippen molar-refractivity contribution < 1.29 is 18.3 Å². The van der Waals surface area contributed by atoms with E-state index in [9.17, 15) is 24.6 Å². The maximum absolute atomic E-state index is 14.7. The Morgan fingerprint density at radius 2 is 1.93 bits per heavy atom. The second kappa shape index (κ2) is 6.76. The van der Waals surface area contributed by atoms with Crippen LogP contribution in [0.2, 0.25) is 0 Å². The first-order valence-electron chi connectivity index (χ1n) is 9.98. The summed E-state index contributed by atoms with van der Waals surface area (Å²) in [6.07, 6.45) is 1.76. The standard InChI is InChI=1S/C22H20F2N4O2/c1-2-3-13-6-7-22-17(8-13)21(12-27,19(28)30-22)20(10-25,11-26)18(29-22)15-9-14(23)4-5-16(15)24/h4-5,9,13,17-18,28H,2-3,6-8H2,1H3. The summed E-state index contributed by atoms with van der Waals surface area (Å²) in [7, 11) is 0. The van der Waals surface area contributed by atoms with Gasteiger partial charge in [-0.3, -0.25) is 5.41 Å². The molecule has 0 aromatic heterocycles. The van der Waals surface area contributed by atoms with Crippen molar-refractivity contribution in [2.24, 2.45) is 22.7 Å². The van der Waals surface area contributed by atoms with Gasteiger partial charge in [0, 0.05) is 12.0 Å². The molecule has 154 valence electrons. The fraction of sp³-hybridized carbons (Fsp3) is 0.545. The van der Waals surface area contributed by atoms with Crippen LogP contribution >= 0.6 is 0 Å². The third-order valence-corrected chi connectivity index (χ3v) is 6.96. The molecule has 8 heteroatoms. The first-order chi connectivity index (χ1) is 14.3. The molecule has 5 atom stereocenters.